The molecular formula is C12H10FNOS. The summed E-state index contributed by atoms with van der Waals surface area (Å²) >= 11 is 1.37. The molecule has 0 spiro atoms. The Balaban J connectivity index is 2.24. The van der Waals surface area contributed by atoms with Crippen molar-refractivity contribution in [2.45, 2.75) is 16.5 Å². The molecule has 1 aromatic carbocycles. The minimum absolute atomic E-state index is 0.159. The molecule has 82 valence electrons. The molecule has 16 heavy (non-hydrogen) atoms. The lowest BCUT2D eigenvalue weighted by Crippen LogP contribution is -1.87. The first-order chi connectivity index (χ1) is 7.78. The van der Waals surface area contributed by atoms with Crippen molar-refractivity contribution in [2.24, 2.45) is 0 Å². The van der Waals surface area contributed by atoms with Crippen molar-refractivity contribution < 1.29 is 9.50 Å². The first kappa shape index (κ1) is 11.1. The van der Waals surface area contributed by atoms with Gasteiger partial charge in [0.15, 0.2) is 0 Å². The zero-order chi connectivity index (χ0) is 11.4. The monoisotopic (exact) mass is 235 g/mol. The third-order valence-electron chi connectivity index (χ3n) is 1.97. The smallest absolute Gasteiger partial charge is 0.124 e. The van der Waals surface area contributed by atoms with Gasteiger partial charge in [0.2, 0.25) is 0 Å². The molecule has 2 nitrogen and oxygen atoms in total. The van der Waals surface area contributed by atoms with E-state index in [1.807, 2.05) is 18.2 Å². The van der Waals surface area contributed by atoms with Gasteiger partial charge in [-0.05, 0) is 35.9 Å². The van der Waals surface area contributed by atoms with Crippen molar-refractivity contribution in [3.05, 3.63) is 54.0 Å². The van der Waals surface area contributed by atoms with E-state index >= 15 is 0 Å². The van der Waals surface area contributed by atoms with Crippen molar-refractivity contribution >= 4 is 11.8 Å². The van der Waals surface area contributed by atoms with Crippen LogP contribution >= 0.6 is 11.8 Å². The van der Waals surface area contributed by atoms with E-state index in [9.17, 15) is 4.39 Å². The molecule has 0 atom stereocenters. The minimum atomic E-state index is -0.343. The number of hydrogen-bond donors (Lipinski definition) is 1. The van der Waals surface area contributed by atoms with Crippen LogP contribution in [0.2, 0.25) is 0 Å². The molecule has 1 aromatic heterocycles. The van der Waals surface area contributed by atoms with Gasteiger partial charge in [-0.1, -0.05) is 17.8 Å². The fourth-order valence-corrected chi connectivity index (χ4v) is 2.18. The second-order valence-electron chi connectivity index (χ2n) is 3.22. The van der Waals surface area contributed by atoms with Crippen LogP contribution < -0.4 is 0 Å². The highest BCUT2D eigenvalue weighted by molar-refractivity contribution is 7.99. The van der Waals surface area contributed by atoms with E-state index in [-0.39, 0.29) is 12.4 Å². The second kappa shape index (κ2) is 5.09. The number of benzene rings is 1. The zero-order valence-corrected chi connectivity index (χ0v) is 9.25. The molecule has 4 heteroatoms. The molecule has 0 radical (unpaired) electrons. The lowest BCUT2D eigenvalue weighted by atomic mass is 10.2. The number of halogens is 1. The van der Waals surface area contributed by atoms with E-state index in [1.165, 1.54) is 23.9 Å². The molecule has 0 aliphatic heterocycles. The van der Waals surface area contributed by atoms with Gasteiger partial charge in [-0.15, -0.1) is 0 Å². The Hall–Kier alpha value is -1.39. The summed E-state index contributed by atoms with van der Waals surface area (Å²) in [4.78, 5) is 4.88. The number of aliphatic hydroxyl groups excluding tert-OH is 1. The minimum Gasteiger partial charge on any atom is -0.392 e. The lowest BCUT2D eigenvalue weighted by Gasteiger charge is -2.03. The molecule has 0 aliphatic carbocycles. The van der Waals surface area contributed by atoms with E-state index in [1.54, 1.807) is 12.3 Å². The average molecular weight is 235 g/mol. The van der Waals surface area contributed by atoms with Gasteiger partial charge in [0.05, 0.1) is 6.61 Å². The van der Waals surface area contributed by atoms with Crippen LogP contribution in [0.4, 0.5) is 4.39 Å². The quantitative estimate of drug-likeness (QED) is 0.888. The van der Waals surface area contributed by atoms with Crippen LogP contribution in [0.3, 0.4) is 0 Å². The predicted octanol–water partition coefficient (Wildman–Crippen LogP) is 2.86. The summed E-state index contributed by atoms with van der Waals surface area (Å²) in [6.45, 7) is -0.159. The number of pyridine rings is 1. The van der Waals surface area contributed by atoms with E-state index in [0.29, 0.717) is 5.56 Å². The summed E-state index contributed by atoms with van der Waals surface area (Å²) in [7, 11) is 0. The Morgan fingerprint density at radius 1 is 1.25 bits per heavy atom. The number of aliphatic hydroxyl groups is 1. The van der Waals surface area contributed by atoms with Gasteiger partial charge in [-0.25, -0.2) is 9.37 Å². The van der Waals surface area contributed by atoms with Gasteiger partial charge in [-0.3, -0.25) is 0 Å². The second-order valence-corrected chi connectivity index (χ2v) is 4.32. The highest BCUT2D eigenvalue weighted by atomic mass is 32.2. The number of hydrogen-bond acceptors (Lipinski definition) is 3. The number of aromatic nitrogens is 1. The van der Waals surface area contributed by atoms with Crippen LogP contribution in [0, 0.1) is 5.82 Å². The standard InChI is InChI=1S/C12H10FNOS/c13-10-5-9(8-15)6-11(7-10)16-12-3-1-2-4-14-12/h1-7,15H,8H2. The van der Waals surface area contributed by atoms with Crippen molar-refractivity contribution in [3.63, 3.8) is 0 Å². The van der Waals surface area contributed by atoms with E-state index in [0.717, 1.165) is 9.92 Å². The molecular weight excluding hydrogens is 225 g/mol. The molecule has 1 heterocycles. The van der Waals surface area contributed by atoms with E-state index in [4.69, 9.17) is 5.11 Å². The van der Waals surface area contributed by atoms with Gasteiger partial charge in [0.25, 0.3) is 0 Å². The number of rotatable bonds is 3. The average Bonchev–Trinajstić information content (AvgIpc) is 2.29. The van der Waals surface area contributed by atoms with Gasteiger partial charge >= 0.3 is 0 Å². The molecule has 0 fully saturated rings. The Labute approximate surface area is 97.2 Å². The zero-order valence-electron chi connectivity index (χ0n) is 8.43. The first-order valence-corrected chi connectivity index (χ1v) is 5.59. The normalized spacial score (nSPS) is 10.4. The van der Waals surface area contributed by atoms with Crippen molar-refractivity contribution in [1.29, 1.82) is 0 Å². The van der Waals surface area contributed by atoms with Crippen LogP contribution in [-0.4, -0.2) is 10.1 Å². The summed E-state index contributed by atoms with van der Waals surface area (Å²) in [5.41, 5.74) is 0.568. The fourth-order valence-electron chi connectivity index (χ4n) is 1.30. The van der Waals surface area contributed by atoms with Crippen LogP contribution in [-0.2, 0) is 6.61 Å². The topological polar surface area (TPSA) is 33.1 Å². The molecule has 2 aromatic rings. The van der Waals surface area contributed by atoms with Crippen LogP contribution in [0.25, 0.3) is 0 Å². The predicted molar refractivity (Wildman–Crippen MR) is 60.7 cm³/mol. The fraction of sp³-hybridized carbons (Fsp3) is 0.0833. The van der Waals surface area contributed by atoms with Crippen molar-refractivity contribution in [1.82, 2.24) is 4.98 Å². The van der Waals surface area contributed by atoms with Crippen molar-refractivity contribution in [3.8, 4) is 0 Å². The van der Waals surface area contributed by atoms with Crippen LogP contribution in [0.15, 0.2) is 52.5 Å². The summed E-state index contributed by atoms with van der Waals surface area (Å²) in [5.74, 6) is -0.343. The Kier molecular flexibility index (Phi) is 3.54. The Bertz CT molecular complexity index is 476. The maximum Gasteiger partial charge on any atom is 0.124 e. The summed E-state index contributed by atoms with van der Waals surface area (Å²) in [6.07, 6.45) is 1.69. The lowest BCUT2D eigenvalue weighted by molar-refractivity contribution is 0.281. The van der Waals surface area contributed by atoms with Gasteiger partial charge in [0.1, 0.15) is 10.8 Å². The van der Waals surface area contributed by atoms with Crippen LogP contribution in [0.1, 0.15) is 5.56 Å². The highest BCUT2D eigenvalue weighted by Crippen LogP contribution is 2.27. The molecule has 0 bridgehead atoms. The Morgan fingerprint density at radius 2 is 2.12 bits per heavy atom. The van der Waals surface area contributed by atoms with Crippen LogP contribution in [0.5, 0.6) is 0 Å². The molecule has 0 unspecified atom stereocenters. The van der Waals surface area contributed by atoms with Gasteiger partial charge in [0, 0.05) is 11.1 Å². The third-order valence-corrected chi connectivity index (χ3v) is 2.90. The maximum atomic E-state index is 13.2. The van der Waals surface area contributed by atoms with Crippen molar-refractivity contribution in [2.75, 3.05) is 0 Å². The molecule has 0 saturated carbocycles. The largest absolute Gasteiger partial charge is 0.392 e. The molecule has 2 rings (SSSR count). The number of nitrogens with zero attached hydrogens (tertiary/aromatic N) is 1. The SMILES string of the molecule is OCc1cc(F)cc(Sc2ccccn2)c1. The Morgan fingerprint density at radius 3 is 2.81 bits per heavy atom. The maximum absolute atomic E-state index is 13.2. The molecule has 1 N–H and O–H groups in total. The summed E-state index contributed by atoms with van der Waals surface area (Å²) < 4.78 is 13.2. The van der Waals surface area contributed by atoms with Gasteiger partial charge < -0.3 is 5.11 Å². The molecule has 0 amide bonds. The molecule has 0 saturated heterocycles. The third kappa shape index (κ3) is 2.81. The summed E-state index contributed by atoms with van der Waals surface area (Å²) in [6, 6.07) is 10.1. The first-order valence-electron chi connectivity index (χ1n) is 4.77. The summed E-state index contributed by atoms with van der Waals surface area (Å²) in [5, 5.41) is 9.76. The highest BCUT2D eigenvalue weighted by Gasteiger charge is 2.02. The van der Waals surface area contributed by atoms with E-state index in [2.05, 4.69) is 4.98 Å². The molecule has 0 aliphatic rings. The van der Waals surface area contributed by atoms with Gasteiger partial charge in [-0.2, -0.15) is 0 Å². The van der Waals surface area contributed by atoms with E-state index < -0.39 is 0 Å².